The van der Waals surface area contributed by atoms with Crippen LogP contribution in [0.1, 0.15) is 15.9 Å². The van der Waals surface area contributed by atoms with Gasteiger partial charge in [-0.15, -0.1) is 0 Å². The number of rotatable bonds is 4. The van der Waals surface area contributed by atoms with E-state index in [4.69, 9.17) is 21.1 Å². The molecular weight excluding hydrogens is 314 g/mol. The first-order valence-corrected chi connectivity index (χ1v) is 7.41. The van der Waals surface area contributed by atoms with E-state index in [1.807, 2.05) is 30.3 Å². The first-order valence-electron chi connectivity index (χ1n) is 7.03. The van der Waals surface area contributed by atoms with Gasteiger partial charge in [-0.2, -0.15) is 0 Å². The fraction of sp³-hybridized carbons (Fsp3) is 0.111. The fourth-order valence-corrected chi connectivity index (χ4v) is 2.47. The number of para-hydroxylation sites is 2. The van der Waals surface area contributed by atoms with E-state index in [9.17, 15) is 4.79 Å². The van der Waals surface area contributed by atoms with Crippen LogP contribution in [0.3, 0.4) is 0 Å². The van der Waals surface area contributed by atoms with E-state index in [-0.39, 0.29) is 6.61 Å². The summed E-state index contributed by atoms with van der Waals surface area (Å²) in [6, 6.07) is 16.4. The smallest absolute Gasteiger partial charge is 0.342 e. The number of esters is 1. The van der Waals surface area contributed by atoms with Crippen molar-refractivity contribution in [3.8, 4) is 5.75 Å². The summed E-state index contributed by atoms with van der Waals surface area (Å²) in [6.07, 6.45) is 0. The Morgan fingerprint density at radius 2 is 1.87 bits per heavy atom. The predicted octanol–water partition coefficient (Wildman–Crippen LogP) is 4.25. The lowest BCUT2D eigenvalue weighted by molar-refractivity contribution is 0.0469. The highest BCUT2D eigenvalue weighted by atomic mass is 35.5. The van der Waals surface area contributed by atoms with Gasteiger partial charge in [-0.3, -0.25) is 0 Å². The van der Waals surface area contributed by atoms with Gasteiger partial charge in [0.05, 0.1) is 12.6 Å². The zero-order valence-corrected chi connectivity index (χ0v) is 13.2. The van der Waals surface area contributed by atoms with E-state index in [0.717, 1.165) is 10.9 Å². The van der Waals surface area contributed by atoms with Crippen molar-refractivity contribution in [2.45, 2.75) is 6.61 Å². The highest BCUT2D eigenvalue weighted by molar-refractivity contribution is 6.30. The lowest BCUT2D eigenvalue weighted by Gasteiger charge is -2.10. The Morgan fingerprint density at radius 1 is 1.13 bits per heavy atom. The summed E-state index contributed by atoms with van der Waals surface area (Å²) in [7, 11) is 1.51. The Morgan fingerprint density at radius 3 is 2.70 bits per heavy atom. The molecule has 1 heterocycles. The SMILES string of the molecule is COc1ccccc1C(=O)OCc1cc2ccccc2nc1Cl. The molecule has 0 spiro atoms. The molecule has 23 heavy (non-hydrogen) atoms. The van der Waals surface area contributed by atoms with Gasteiger partial charge in [0.15, 0.2) is 0 Å². The predicted molar refractivity (Wildman–Crippen MR) is 88.9 cm³/mol. The minimum absolute atomic E-state index is 0.0492. The third-order valence-corrected chi connectivity index (χ3v) is 3.76. The summed E-state index contributed by atoms with van der Waals surface area (Å²) in [5.41, 5.74) is 1.84. The number of halogens is 1. The molecule has 0 aliphatic heterocycles. The van der Waals surface area contributed by atoms with Crippen molar-refractivity contribution in [1.29, 1.82) is 0 Å². The molecule has 4 nitrogen and oxygen atoms in total. The van der Waals surface area contributed by atoms with Crippen LogP contribution in [0.2, 0.25) is 5.15 Å². The standard InChI is InChI=1S/C18H14ClNO3/c1-22-16-9-5-3-7-14(16)18(21)23-11-13-10-12-6-2-4-8-15(12)20-17(13)19/h2-10H,11H2,1H3. The minimum Gasteiger partial charge on any atom is -0.496 e. The van der Waals surface area contributed by atoms with E-state index in [1.54, 1.807) is 24.3 Å². The van der Waals surface area contributed by atoms with Crippen LogP contribution in [-0.2, 0) is 11.3 Å². The molecule has 116 valence electrons. The molecule has 0 aliphatic carbocycles. The number of fused-ring (bicyclic) bond motifs is 1. The second kappa shape index (κ2) is 6.67. The second-order valence-electron chi connectivity index (χ2n) is 4.91. The Balaban J connectivity index is 1.80. The van der Waals surface area contributed by atoms with Crippen LogP contribution >= 0.6 is 11.6 Å². The van der Waals surface area contributed by atoms with E-state index in [0.29, 0.717) is 22.0 Å². The number of nitrogens with zero attached hydrogens (tertiary/aromatic N) is 1. The van der Waals surface area contributed by atoms with Gasteiger partial charge in [-0.25, -0.2) is 9.78 Å². The quantitative estimate of drug-likeness (QED) is 0.531. The highest BCUT2D eigenvalue weighted by Gasteiger charge is 2.14. The van der Waals surface area contributed by atoms with Crippen molar-refractivity contribution in [2.75, 3.05) is 7.11 Å². The van der Waals surface area contributed by atoms with Crippen molar-refractivity contribution in [2.24, 2.45) is 0 Å². The molecule has 0 saturated heterocycles. The fourth-order valence-electron chi connectivity index (χ4n) is 2.27. The third kappa shape index (κ3) is 3.27. The molecule has 0 atom stereocenters. The second-order valence-corrected chi connectivity index (χ2v) is 5.27. The van der Waals surface area contributed by atoms with Crippen molar-refractivity contribution in [1.82, 2.24) is 4.98 Å². The van der Waals surface area contributed by atoms with Crippen molar-refractivity contribution < 1.29 is 14.3 Å². The van der Waals surface area contributed by atoms with Crippen LogP contribution in [-0.4, -0.2) is 18.1 Å². The summed E-state index contributed by atoms with van der Waals surface area (Å²) in [4.78, 5) is 16.5. The normalized spacial score (nSPS) is 10.5. The van der Waals surface area contributed by atoms with Crippen LogP contribution < -0.4 is 4.74 Å². The van der Waals surface area contributed by atoms with Crippen LogP contribution in [0.15, 0.2) is 54.6 Å². The third-order valence-electron chi connectivity index (χ3n) is 3.44. The van der Waals surface area contributed by atoms with E-state index < -0.39 is 5.97 Å². The number of methoxy groups -OCH3 is 1. The monoisotopic (exact) mass is 327 g/mol. The number of carbonyl (C=O) groups is 1. The molecule has 0 unspecified atom stereocenters. The van der Waals surface area contributed by atoms with Crippen LogP contribution in [0.4, 0.5) is 0 Å². The maximum atomic E-state index is 12.2. The molecule has 3 rings (SSSR count). The number of benzene rings is 2. The van der Waals surface area contributed by atoms with E-state index in [1.165, 1.54) is 7.11 Å². The molecule has 1 aromatic heterocycles. The number of ether oxygens (including phenoxy) is 2. The van der Waals surface area contributed by atoms with Gasteiger partial charge in [0.25, 0.3) is 0 Å². The van der Waals surface area contributed by atoms with Gasteiger partial charge in [0.1, 0.15) is 23.1 Å². The highest BCUT2D eigenvalue weighted by Crippen LogP contribution is 2.23. The Labute approximate surface area is 138 Å². The molecular formula is C18H14ClNO3. The average molecular weight is 328 g/mol. The summed E-state index contributed by atoms with van der Waals surface area (Å²) in [5.74, 6) is 0.00640. The van der Waals surface area contributed by atoms with Crippen molar-refractivity contribution >= 4 is 28.5 Å². The zero-order chi connectivity index (χ0) is 16.2. The van der Waals surface area contributed by atoms with Gasteiger partial charge in [0.2, 0.25) is 0 Å². The van der Waals surface area contributed by atoms with Gasteiger partial charge in [-0.1, -0.05) is 41.9 Å². The molecule has 2 aromatic carbocycles. The number of pyridine rings is 1. The first kappa shape index (κ1) is 15.3. The summed E-state index contributed by atoms with van der Waals surface area (Å²) < 4.78 is 10.5. The molecule has 0 radical (unpaired) electrons. The Bertz CT molecular complexity index is 864. The van der Waals surface area contributed by atoms with E-state index in [2.05, 4.69) is 4.98 Å². The molecule has 0 aliphatic rings. The molecule has 0 N–H and O–H groups in total. The van der Waals surface area contributed by atoms with Crippen molar-refractivity contribution in [3.05, 3.63) is 70.9 Å². The molecule has 0 bridgehead atoms. The van der Waals surface area contributed by atoms with Crippen LogP contribution in [0.25, 0.3) is 10.9 Å². The van der Waals surface area contributed by atoms with Gasteiger partial charge >= 0.3 is 5.97 Å². The topological polar surface area (TPSA) is 48.4 Å². The zero-order valence-electron chi connectivity index (χ0n) is 12.5. The number of hydrogen-bond acceptors (Lipinski definition) is 4. The number of hydrogen-bond donors (Lipinski definition) is 0. The van der Waals surface area contributed by atoms with Crippen LogP contribution in [0.5, 0.6) is 5.75 Å². The summed E-state index contributed by atoms with van der Waals surface area (Å²) in [5, 5.41) is 1.27. The average Bonchev–Trinajstić information content (AvgIpc) is 2.59. The summed E-state index contributed by atoms with van der Waals surface area (Å²) in [6.45, 7) is 0.0492. The molecule has 0 saturated carbocycles. The first-order chi connectivity index (χ1) is 11.2. The molecule has 3 aromatic rings. The van der Waals surface area contributed by atoms with Gasteiger partial charge < -0.3 is 9.47 Å². The van der Waals surface area contributed by atoms with Gasteiger partial charge in [0, 0.05) is 10.9 Å². The maximum absolute atomic E-state index is 12.2. The Kier molecular flexibility index (Phi) is 4.44. The summed E-state index contributed by atoms with van der Waals surface area (Å²) >= 11 is 6.16. The Hall–Kier alpha value is -2.59. The molecule has 0 fully saturated rings. The molecule has 0 amide bonds. The lowest BCUT2D eigenvalue weighted by atomic mass is 10.1. The van der Waals surface area contributed by atoms with E-state index >= 15 is 0 Å². The van der Waals surface area contributed by atoms with Gasteiger partial charge in [-0.05, 0) is 24.3 Å². The minimum atomic E-state index is -0.466. The number of carbonyl (C=O) groups excluding carboxylic acids is 1. The van der Waals surface area contributed by atoms with Crippen LogP contribution in [0, 0.1) is 0 Å². The number of aromatic nitrogens is 1. The lowest BCUT2D eigenvalue weighted by Crippen LogP contribution is -2.07. The largest absolute Gasteiger partial charge is 0.496 e. The van der Waals surface area contributed by atoms with Crippen molar-refractivity contribution in [3.63, 3.8) is 0 Å². The molecule has 5 heteroatoms. The maximum Gasteiger partial charge on any atom is 0.342 e.